The SMILES string of the molecule is CNC(=O)C(CCC=O)N1Cc2cc(O)ccc2C1=O.Cc1cc(C#N)cc(-n2cc(CN3CCCC3)cn2)c1. The third-order valence-corrected chi connectivity index (χ3v) is 7.10. The predicted molar refractivity (Wildman–Crippen MR) is 149 cm³/mol. The molecule has 0 radical (unpaired) electrons. The molecule has 2 N–H and O–H groups in total. The lowest BCUT2D eigenvalue weighted by Crippen LogP contribution is -2.46. The number of rotatable bonds is 8. The number of amides is 2. The number of likely N-dealkylation sites (N-methyl/N-ethyl adjacent to an activating group) is 1. The van der Waals surface area contributed by atoms with Gasteiger partial charge in [-0.2, -0.15) is 10.4 Å². The molecule has 208 valence electrons. The van der Waals surface area contributed by atoms with E-state index in [1.807, 2.05) is 36.0 Å². The molecule has 2 aliphatic rings. The zero-order valence-corrected chi connectivity index (χ0v) is 22.8. The van der Waals surface area contributed by atoms with E-state index < -0.39 is 6.04 Å². The molecule has 0 spiro atoms. The highest BCUT2D eigenvalue weighted by molar-refractivity contribution is 6.01. The van der Waals surface area contributed by atoms with Crippen LogP contribution in [0.2, 0.25) is 0 Å². The number of phenols is 1. The lowest BCUT2D eigenvalue weighted by molar-refractivity contribution is -0.125. The van der Waals surface area contributed by atoms with Crippen LogP contribution < -0.4 is 5.32 Å². The first-order valence-corrected chi connectivity index (χ1v) is 13.4. The van der Waals surface area contributed by atoms with Crippen LogP contribution >= 0.6 is 0 Å². The van der Waals surface area contributed by atoms with Gasteiger partial charge in [-0.3, -0.25) is 14.5 Å². The van der Waals surface area contributed by atoms with Crippen molar-refractivity contribution in [3.8, 4) is 17.5 Å². The van der Waals surface area contributed by atoms with E-state index in [1.54, 1.807) is 6.07 Å². The van der Waals surface area contributed by atoms with Gasteiger partial charge in [0.25, 0.3) is 5.91 Å². The second-order valence-corrected chi connectivity index (χ2v) is 10.1. The summed E-state index contributed by atoms with van der Waals surface area (Å²) in [6.45, 7) is 5.61. The second-order valence-electron chi connectivity index (χ2n) is 10.1. The van der Waals surface area contributed by atoms with E-state index in [9.17, 15) is 19.5 Å². The van der Waals surface area contributed by atoms with E-state index in [0.717, 1.165) is 24.1 Å². The summed E-state index contributed by atoms with van der Waals surface area (Å²) in [5, 5.41) is 25.4. The lowest BCUT2D eigenvalue weighted by Gasteiger charge is -2.25. The van der Waals surface area contributed by atoms with Crippen LogP contribution in [0, 0.1) is 18.3 Å². The molecule has 40 heavy (non-hydrogen) atoms. The van der Waals surface area contributed by atoms with Gasteiger partial charge in [0.05, 0.1) is 23.5 Å². The monoisotopic (exact) mass is 542 g/mol. The molecular weight excluding hydrogens is 508 g/mol. The van der Waals surface area contributed by atoms with Gasteiger partial charge in [-0.25, -0.2) is 4.68 Å². The Labute approximate surface area is 233 Å². The molecule has 2 aliphatic heterocycles. The Bertz CT molecular complexity index is 1420. The highest BCUT2D eigenvalue weighted by atomic mass is 16.3. The van der Waals surface area contributed by atoms with Crippen LogP contribution in [0.1, 0.15) is 58.3 Å². The van der Waals surface area contributed by atoms with E-state index in [0.29, 0.717) is 16.7 Å². The molecular formula is C30H34N6O4. The number of aromatic nitrogens is 2. The van der Waals surface area contributed by atoms with Gasteiger partial charge in [-0.15, -0.1) is 0 Å². The number of nitrogens with zero attached hydrogens (tertiary/aromatic N) is 5. The van der Waals surface area contributed by atoms with Crippen LogP contribution in [0.15, 0.2) is 48.8 Å². The molecule has 10 nitrogen and oxygen atoms in total. The van der Waals surface area contributed by atoms with Crippen molar-refractivity contribution in [2.45, 2.75) is 51.7 Å². The van der Waals surface area contributed by atoms with E-state index in [-0.39, 0.29) is 37.0 Å². The first kappa shape index (κ1) is 28.5. The smallest absolute Gasteiger partial charge is 0.255 e. The molecule has 1 aromatic heterocycles. The van der Waals surface area contributed by atoms with Crippen molar-refractivity contribution in [2.24, 2.45) is 0 Å². The van der Waals surface area contributed by atoms with Crippen molar-refractivity contribution >= 4 is 18.1 Å². The number of aldehydes is 1. The first-order chi connectivity index (χ1) is 19.3. The number of nitrogens with one attached hydrogen (secondary N) is 1. The number of likely N-dealkylation sites (tertiary alicyclic amines) is 1. The fourth-order valence-electron chi connectivity index (χ4n) is 5.14. The van der Waals surface area contributed by atoms with Crippen LogP contribution in [0.4, 0.5) is 0 Å². The molecule has 2 amide bonds. The minimum atomic E-state index is -0.674. The Balaban J connectivity index is 0.000000185. The zero-order chi connectivity index (χ0) is 28.6. The van der Waals surface area contributed by atoms with E-state index in [4.69, 9.17) is 5.26 Å². The summed E-state index contributed by atoms with van der Waals surface area (Å²) < 4.78 is 1.86. The van der Waals surface area contributed by atoms with Gasteiger partial charge in [0, 0.05) is 43.9 Å². The Kier molecular flexibility index (Phi) is 9.30. The first-order valence-electron chi connectivity index (χ1n) is 13.4. The summed E-state index contributed by atoms with van der Waals surface area (Å²) in [4.78, 5) is 38.6. The van der Waals surface area contributed by atoms with E-state index in [2.05, 4.69) is 27.6 Å². The Morgan fingerprint density at radius 1 is 1.23 bits per heavy atom. The van der Waals surface area contributed by atoms with Gasteiger partial charge in [0.2, 0.25) is 5.91 Å². The van der Waals surface area contributed by atoms with Gasteiger partial charge < -0.3 is 20.1 Å². The van der Waals surface area contributed by atoms with Gasteiger partial charge >= 0.3 is 0 Å². The normalized spacial score (nSPS) is 15.1. The number of hydrogen-bond donors (Lipinski definition) is 2. The molecule has 0 aliphatic carbocycles. The highest BCUT2D eigenvalue weighted by Gasteiger charge is 2.35. The lowest BCUT2D eigenvalue weighted by atomic mass is 10.1. The van der Waals surface area contributed by atoms with Crippen LogP contribution in [-0.2, 0) is 22.7 Å². The molecule has 3 heterocycles. The standard InChI is InChI=1S/C16H18N4.C14H16N2O4/c1-13-6-14(9-17)8-16(7-13)20-12-15(10-18-20)11-19-4-2-3-5-19;1-15-13(19)12(3-2-6-17)16-8-9-7-10(18)4-5-11(9)14(16)20/h6-8,10,12H,2-5,11H2,1H3;4-7,12,18H,2-3,8H2,1H3,(H,15,19). The largest absolute Gasteiger partial charge is 0.508 e. The summed E-state index contributed by atoms with van der Waals surface area (Å²) in [6, 6.07) is 11.8. The molecule has 0 saturated carbocycles. The molecule has 3 aromatic rings. The maximum absolute atomic E-state index is 12.3. The van der Waals surface area contributed by atoms with Crippen LogP contribution in [0.5, 0.6) is 5.75 Å². The average Bonchev–Trinajstić information content (AvgIpc) is 3.70. The van der Waals surface area contributed by atoms with Gasteiger partial charge in [-0.05, 0) is 86.8 Å². The average molecular weight is 543 g/mol. The molecule has 1 atom stereocenters. The molecule has 2 aromatic carbocycles. The maximum atomic E-state index is 12.3. The summed E-state index contributed by atoms with van der Waals surface area (Å²) in [5.41, 5.74) is 5.12. The van der Waals surface area contributed by atoms with Gasteiger partial charge in [0.15, 0.2) is 0 Å². The van der Waals surface area contributed by atoms with Crippen molar-refractivity contribution in [1.82, 2.24) is 24.9 Å². The third-order valence-electron chi connectivity index (χ3n) is 7.10. The topological polar surface area (TPSA) is 132 Å². The third kappa shape index (κ3) is 6.74. The number of aromatic hydroxyl groups is 1. The summed E-state index contributed by atoms with van der Waals surface area (Å²) in [5.74, 6) is -0.459. The molecule has 1 saturated heterocycles. The summed E-state index contributed by atoms with van der Waals surface area (Å²) in [6.07, 6.45) is 7.82. The van der Waals surface area contributed by atoms with Crippen LogP contribution in [-0.4, -0.2) is 69.0 Å². The number of aryl methyl sites for hydroxylation is 1. The number of carbonyl (C=O) groups excluding carboxylic acids is 3. The molecule has 1 unspecified atom stereocenters. The van der Waals surface area contributed by atoms with E-state index in [1.165, 1.54) is 55.6 Å². The highest BCUT2D eigenvalue weighted by Crippen LogP contribution is 2.28. The fraction of sp³-hybridized carbons (Fsp3) is 0.367. The number of benzene rings is 2. The molecule has 5 rings (SSSR count). The van der Waals surface area contributed by atoms with Crippen LogP contribution in [0.3, 0.4) is 0 Å². The van der Waals surface area contributed by atoms with E-state index >= 15 is 0 Å². The number of fused-ring (bicyclic) bond motifs is 1. The van der Waals surface area contributed by atoms with Crippen molar-refractivity contribution in [3.05, 3.63) is 76.6 Å². The van der Waals surface area contributed by atoms with Gasteiger partial charge in [-0.1, -0.05) is 0 Å². The van der Waals surface area contributed by atoms with Gasteiger partial charge in [0.1, 0.15) is 18.1 Å². The molecule has 10 heteroatoms. The number of carbonyl (C=O) groups is 3. The Morgan fingerprint density at radius 3 is 2.70 bits per heavy atom. The summed E-state index contributed by atoms with van der Waals surface area (Å²) in [7, 11) is 1.50. The summed E-state index contributed by atoms with van der Waals surface area (Å²) >= 11 is 0. The fourth-order valence-corrected chi connectivity index (χ4v) is 5.14. The quantitative estimate of drug-likeness (QED) is 0.418. The zero-order valence-electron chi connectivity index (χ0n) is 22.8. The van der Waals surface area contributed by atoms with Crippen molar-refractivity contribution < 1.29 is 19.5 Å². The Hall–Kier alpha value is -4.49. The van der Waals surface area contributed by atoms with Crippen LogP contribution in [0.25, 0.3) is 5.69 Å². The van der Waals surface area contributed by atoms with Crippen molar-refractivity contribution in [2.75, 3.05) is 20.1 Å². The number of phenolic OH excluding ortho intramolecular Hbond substituents is 1. The second kappa shape index (κ2) is 13.0. The minimum Gasteiger partial charge on any atom is -0.508 e. The minimum absolute atomic E-state index is 0.0859. The molecule has 1 fully saturated rings. The van der Waals surface area contributed by atoms with Crippen molar-refractivity contribution in [3.63, 3.8) is 0 Å². The maximum Gasteiger partial charge on any atom is 0.255 e. The predicted octanol–water partition coefficient (Wildman–Crippen LogP) is 3.09. The van der Waals surface area contributed by atoms with Crippen molar-refractivity contribution in [1.29, 1.82) is 5.26 Å². The Morgan fingerprint density at radius 2 is 2.00 bits per heavy atom. The number of hydrogen-bond acceptors (Lipinski definition) is 7. The number of nitriles is 1. The molecule has 0 bridgehead atoms.